The minimum absolute atomic E-state index is 0.718. The molecule has 0 unspecified atom stereocenters. The molecule has 0 heterocycles. The molecule has 23 heavy (non-hydrogen) atoms. The molecule has 0 saturated carbocycles. The molecule has 0 aliphatic carbocycles. The molecule has 3 rings (SSSR count). The second-order valence-corrected chi connectivity index (χ2v) is 8.00. The molecule has 0 aliphatic heterocycles. The van der Waals surface area contributed by atoms with E-state index in [1.54, 1.807) is 0 Å². The lowest BCUT2D eigenvalue weighted by atomic mass is 10.3. The van der Waals surface area contributed by atoms with E-state index in [0.29, 0.717) is 0 Å². The van der Waals surface area contributed by atoms with Gasteiger partial charge in [0.05, 0.1) is 0 Å². The Labute approximate surface area is 144 Å². The van der Waals surface area contributed by atoms with Crippen molar-refractivity contribution in [2.75, 3.05) is 11.9 Å². The lowest BCUT2D eigenvalue weighted by molar-refractivity contribution is 1.31. The highest BCUT2D eigenvalue weighted by Crippen LogP contribution is 2.38. The number of hydrogen-bond acceptors (Lipinski definition) is 1. The number of hydrogen-bond donors (Lipinski definition) is 0. The van der Waals surface area contributed by atoms with Gasteiger partial charge in [0.25, 0.3) is 0 Å². The fraction of sp³-hybridized carbons (Fsp3) is 0.0500. The highest BCUT2D eigenvalue weighted by Gasteiger charge is 2.22. The normalized spacial score (nSPS) is 10.5. The smallest absolute Gasteiger partial charge is 0.114 e. The summed E-state index contributed by atoms with van der Waals surface area (Å²) in [7, 11) is 1.34. The van der Waals surface area contributed by atoms with Crippen molar-refractivity contribution >= 4 is 41.2 Å². The third-order valence-corrected chi connectivity index (χ3v) is 6.78. The number of nitrogens with zero attached hydrogens (tertiary/aromatic N) is 1. The Morgan fingerprint density at radius 2 is 1.09 bits per heavy atom. The van der Waals surface area contributed by atoms with E-state index in [0.717, 1.165) is 10.4 Å². The SMILES string of the molecule is CN(C(=S)P(c1ccccc1)c1ccccc1)c1ccccc1. The Balaban J connectivity index is 2.00. The average Bonchev–Trinajstić information content (AvgIpc) is 2.64. The van der Waals surface area contributed by atoms with Crippen LogP contribution < -0.4 is 15.5 Å². The Morgan fingerprint density at radius 3 is 1.52 bits per heavy atom. The second-order valence-electron chi connectivity index (χ2n) is 5.18. The van der Waals surface area contributed by atoms with Crippen LogP contribution in [0.5, 0.6) is 0 Å². The first-order valence-electron chi connectivity index (χ1n) is 7.50. The predicted octanol–water partition coefficient (Wildman–Crippen LogP) is 4.54. The van der Waals surface area contributed by atoms with Gasteiger partial charge in [0, 0.05) is 20.7 Å². The van der Waals surface area contributed by atoms with Crippen molar-refractivity contribution in [1.29, 1.82) is 0 Å². The molecule has 114 valence electrons. The van der Waals surface area contributed by atoms with Gasteiger partial charge in [-0.25, -0.2) is 0 Å². The van der Waals surface area contributed by atoms with Gasteiger partial charge in [-0.15, -0.1) is 0 Å². The Hall–Kier alpha value is -2.02. The van der Waals surface area contributed by atoms with Crippen LogP contribution in [0.1, 0.15) is 0 Å². The highest BCUT2D eigenvalue weighted by atomic mass is 32.1. The third kappa shape index (κ3) is 3.67. The molecule has 0 radical (unpaired) electrons. The first kappa shape index (κ1) is 15.9. The summed E-state index contributed by atoms with van der Waals surface area (Å²) in [5.74, 6) is 0. The first-order chi connectivity index (χ1) is 11.3. The second kappa shape index (κ2) is 7.50. The van der Waals surface area contributed by atoms with Crippen LogP contribution >= 0.6 is 20.1 Å². The molecule has 3 heteroatoms. The van der Waals surface area contributed by atoms with Crippen molar-refractivity contribution in [2.45, 2.75) is 0 Å². The summed E-state index contributed by atoms with van der Waals surface area (Å²) in [5, 5.41) is 2.56. The fourth-order valence-corrected chi connectivity index (χ4v) is 5.27. The number of anilines is 1. The molecule has 0 fully saturated rings. The van der Waals surface area contributed by atoms with Crippen LogP contribution in [0.25, 0.3) is 0 Å². The van der Waals surface area contributed by atoms with Gasteiger partial charge in [0.15, 0.2) is 0 Å². The van der Waals surface area contributed by atoms with E-state index >= 15 is 0 Å². The Bertz CT molecular complexity index is 720. The molecule has 0 amide bonds. The summed E-state index contributed by atoms with van der Waals surface area (Å²) >= 11 is 5.90. The molecule has 3 aromatic rings. The summed E-state index contributed by atoms with van der Waals surface area (Å²) in [6, 6.07) is 31.4. The third-order valence-electron chi connectivity index (χ3n) is 3.65. The Morgan fingerprint density at radius 1 is 0.696 bits per heavy atom. The summed E-state index contributed by atoms with van der Waals surface area (Å²) in [6.07, 6.45) is 0. The molecule has 3 aromatic carbocycles. The maximum atomic E-state index is 5.90. The van der Waals surface area contributed by atoms with Crippen molar-refractivity contribution in [3.05, 3.63) is 91.0 Å². The standard InChI is InChI=1S/C20H18NPS/c1-21(17-11-5-2-6-12-17)20(23)22(18-13-7-3-8-14-18)19-15-9-4-10-16-19/h2-16H,1H3. The van der Waals surface area contributed by atoms with Crippen molar-refractivity contribution in [2.24, 2.45) is 0 Å². The zero-order valence-corrected chi connectivity index (χ0v) is 14.7. The molecule has 0 aliphatic rings. The van der Waals surface area contributed by atoms with Crippen molar-refractivity contribution in [1.82, 2.24) is 0 Å². The quantitative estimate of drug-likeness (QED) is 0.509. The molecule has 1 nitrogen and oxygen atoms in total. The molecule has 0 spiro atoms. The predicted molar refractivity (Wildman–Crippen MR) is 107 cm³/mol. The maximum absolute atomic E-state index is 5.90. The molecule has 0 aromatic heterocycles. The van der Waals surface area contributed by atoms with Crippen molar-refractivity contribution in [3.8, 4) is 0 Å². The number of rotatable bonds is 4. The summed E-state index contributed by atoms with van der Waals surface area (Å²) in [5.41, 5.74) is 1.12. The summed E-state index contributed by atoms with van der Waals surface area (Å²) in [6.45, 7) is 0. The van der Waals surface area contributed by atoms with Gasteiger partial charge in [-0.1, -0.05) is 91.1 Å². The zero-order valence-electron chi connectivity index (χ0n) is 13.0. The monoisotopic (exact) mass is 335 g/mol. The lowest BCUT2D eigenvalue weighted by Gasteiger charge is -2.27. The van der Waals surface area contributed by atoms with E-state index in [1.807, 2.05) is 30.3 Å². The first-order valence-corrected chi connectivity index (χ1v) is 9.25. The molecular weight excluding hydrogens is 317 g/mol. The van der Waals surface area contributed by atoms with Crippen LogP contribution in [0.2, 0.25) is 0 Å². The maximum Gasteiger partial charge on any atom is 0.114 e. The molecule has 0 bridgehead atoms. The summed E-state index contributed by atoms with van der Waals surface area (Å²) < 4.78 is 0.962. The largest absolute Gasteiger partial charge is 0.335 e. The molecule has 0 N–H and O–H groups in total. The van der Waals surface area contributed by atoms with E-state index in [1.165, 1.54) is 10.6 Å². The van der Waals surface area contributed by atoms with Crippen LogP contribution in [0.15, 0.2) is 91.0 Å². The average molecular weight is 335 g/mol. The van der Waals surface area contributed by atoms with Gasteiger partial charge in [-0.3, -0.25) is 0 Å². The van der Waals surface area contributed by atoms with Gasteiger partial charge < -0.3 is 4.90 Å². The van der Waals surface area contributed by atoms with Crippen LogP contribution in [0.4, 0.5) is 5.69 Å². The molecule has 0 saturated heterocycles. The van der Waals surface area contributed by atoms with Crippen molar-refractivity contribution < 1.29 is 0 Å². The summed E-state index contributed by atoms with van der Waals surface area (Å²) in [4.78, 5) is 2.13. The minimum atomic E-state index is -0.718. The lowest BCUT2D eigenvalue weighted by Crippen LogP contribution is -2.29. The zero-order chi connectivity index (χ0) is 16.1. The fourth-order valence-electron chi connectivity index (χ4n) is 2.44. The van der Waals surface area contributed by atoms with E-state index in [9.17, 15) is 0 Å². The van der Waals surface area contributed by atoms with Gasteiger partial charge in [0.2, 0.25) is 0 Å². The van der Waals surface area contributed by atoms with Crippen LogP contribution in [0.3, 0.4) is 0 Å². The minimum Gasteiger partial charge on any atom is -0.335 e. The number of benzene rings is 3. The molecular formula is C20H18NPS. The van der Waals surface area contributed by atoms with Gasteiger partial charge in [0.1, 0.15) is 4.73 Å². The molecule has 0 atom stereocenters. The van der Waals surface area contributed by atoms with Crippen LogP contribution in [-0.2, 0) is 0 Å². The van der Waals surface area contributed by atoms with E-state index in [2.05, 4.69) is 72.6 Å². The van der Waals surface area contributed by atoms with Gasteiger partial charge in [-0.05, 0) is 22.7 Å². The van der Waals surface area contributed by atoms with E-state index in [-0.39, 0.29) is 0 Å². The van der Waals surface area contributed by atoms with Gasteiger partial charge >= 0.3 is 0 Å². The number of thiocarbonyl (C=S) groups is 1. The topological polar surface area (TPSA) is 3.24 Å². The van der Waals surface area contributed by atoms with Crippen molar-refractivity contribution in [3.63, 3.8) is 0 Å². The van der Waals surface area contributed by atoms with E-state index < -0.39 is 7.92 Å². The van der Waals surface area contributed by atoms with E-state index in [4.69, 9.17) is 12.2 Å². The Kier molecular flexibility index (Phi) is 5.17. The van der Waals surface area contributed by atoms with Crippen LogP contribution in [0, 0.1) is 0 Å². The number of para-hydroxylation sites is 1. The van der Waals surface area contributed by atoms with Gasteiger partial charge in [-0.2, -0.15) is 0 Å². The van der Waals surface area contributed by atoms with Crippen LogP contribution in [-0.4, -0.2) is 11.8 Å². The highest BCUT2D eigenvalue weighted by molar-refractivity contribution is 8.04.